The third kappa shape index (κ3) is 7.03. The van der Waals surface area contributed by atoms with Crippen LogP contribution in [0.25, 0.3) is 0 Å². The molecule has 2 N–H and O–H groups in total. The molecule has 0 spiro atoms. The van der Waals surface area contributed by atoms with Gasteiger partial charge in [-0.05, 0) is 12.8 Å². The van der Waals surface area contributed by atoms with Crippen LogP contribution in [0.1, 0.15) is 58.8 Å². The van der Waals surface area contributed by atoms with E-state index in [0.717, 1.165) is 12.8 Å². The second-order valence-corrected chi connectivity index (χ2v) is 3.75. The van der Waals surface area contributed by atoms with E-state index >= 15 is 0 Å². The molecule has 0 unspecified atom stereocenters. The minimum atomic E-state index is -0.522. The van der Waals surface area contributed by atoms with Crippen molar-refractivity contribution < 1.29 is 10.2 Å². The molecule has 13 heavy (non-hydrogen) atoms. The summed E-state index contributed by atoms with van der Waals surface area (Å²) in [5, 5.41) is 18.7. The summed E-state index contributed by atoms with van der Waals surface area (Å²) in [6.07, 6.45) is 6.38. The third-order valence-corrected chi connectivity index (χ3v) is 2.47. The standard InChI is InChI=1S/C11H24O2/c1-3-5-6-7-8-9-11(13)10(12)4-2/h10-13H,3-9H2,1-2H3/t10-,11-/m0/s1. The van der Waals surface area contributed by atoms with Crippen LogP contribution in [-0.4, -0.2) is 22.4 Å². The molecule has 0 saturated carbocycles. The Morgan fingerprint density at radius 2 is 1.46 bits per heavy atom. The Hall–Kier alpha value is -0.0800. The Kier molecular flexibility index (Phi) is 8.46. The molecule has 0 bridgehead atoms. The Bertz CT molecular complexity index is 104. The zero-order valence-electron chi connectivity index (χ0n) is 9.00. The molecule has 2 atom stereocenters. The number of rotatable bonds is 8. The summed E-state index contributed by atoms with van der Waals surface area (Å²) in [6.45, 7) is 4.08. The zero-order valence-corrected chi connectivity index (χ0v) is 9.00. The summed E-state index contributed by atoms with van der Waals surface area (Å²) < 4.78 is 0. The van der Waals surface area contributed by atoms with Crippen LogP contribution < -0.4 is 0 Å². The van der Waals surface area contributed by atoms with Crippen molar-refractivity contribution in [3.63, 3.8) is 0 Å². The van der Waals surface area contributed by atoms with Gasteiger partial charge in [-0.2, -0.15) is 0 Å². The predicted octanol–water partition coefficient (Wildman–Crippen LogP) is 2.48. The van der Waals surface area contributed by atoms with Crippen molar-refractivity contribution in [2.45, 2.75) is 71.0 Å². The molecule has 0 rings (SSSR count). The maximum absolute atomic E-state index is 9.42. The molecular formula is C11H24O2. The summed E-state index contributed by atoms with van der Waals surface area (Å²) >= 11 is 0. The number of unbranched alkanes of at least 4 members (excludes halogenated alkanes) is 4. The van der Waals surface area contributed by atoms with Crippen LogP contribution in [0.5, 0.6) is 0 Å². The molecule has 0 aromatic carbocycles. The van der Waals surface area contributed by atoms with Crippen molar-refractivity contribution in [3.8, 4) is 0 Å². The fourth-order valence-corrected chi connectivity index (χ4v) is 1.42. The minimum Gasteiger partial charge on any atom is -0.390 e. The van der Waals surface area contributed by atoms with Crippen molar-refractivity contribution >= 4 is 0 Å². The lowest BCUT2D eigenvalue weighted by atomic mass is 10.0. The van der Waals surface area contributed by atoms with E-state index in [2.05, 4.69) is 6.92 Å². The highest BCUT2D eigenvalue weighted by molar-refractivity contribution is 4.64. The number of hydrogen-bond acceptors (Lipinski definition) is 2. The SMILES string of the molecule is CCCCCCC[C@H](O)[C@@H](O)CC. The van der Waals surface area contributed by atoms with Gasteiger partial charge in [-0.3, -0.25) is 0 Å². The van der Waals surface area contributed by atoms with E-state index in [4.69, 9.17) is 0 Å². The Morgan fingerprint density at radius 1 is 0.846 bits per heavy atom. The fourth-order valence-electron chi connectivity index (χ4n) is 1.42. The molecule has 0 heterocycles. The smallest absolute Gasteiger partial charge is 0.0799 e. The van der Waals surface area contributed by atoms with E-state index in [1.807, 2.05) is 6.92 Å². The van der Waals surface area contributed by atoms with Crippen LogP contribution in [0.15, 0.2) is 0 Å². The van der Waals surface area contributed by atoms with Gasteiger partial charge in [0, 0.05) is 0 Å². The van der Waals surface area contributed by atoms with E-state index in [9.17, 15) is 10.2 Å². The molecule has 0 amide bonds. The molecule has 0 saturated heterocycles. The van der Waals surface area contributed by atoms with Gasteiger partial charge in [-0.1, -0.05) is 46.0 Å². The highest BCUT2D eigenvalue weighted by Gasteiger charge is 2.12. The highest BCUT2D eigenvalue weighted by atomic mass is 16.3. The van der Waals surface area contributed by atoms with Crippen molar-refractivity contribution in [1.29, 1.82) is 0 Å². The van der Waals surface area contributed by atoms with E-state index in [1.54, 1.807) is 0 Å². The zero-order chi connectivity index (χ0) is 10.1. The quantitative estimate of drug-likeness (QED) is 0.574. The van der Waals surface area contributed by atoms with E-state index in [0.29, 0.717) is 6.42 Å². The normalized spacial score (nSPS) is 15.7. The second kappa shape index (κ2) is 8.52. The molecule has 0 radical (unpaired) electrons. The molecule has 0 aliphatic rings. The fraction of sp³-hybridized carbons (Fsp3) is 1.00. The third-order valence-electron chi connectivity index (χ3n) is 2.47. The molecule has 0 aromatic heterocycles. The summed E-state index contributed by atoms with van der Waals surface area (Å²) in [7, 11) is 0. The molecule has 0 aromatic rings. The summed E-state index contributed by atoms with van der Waals surface area (Å²) in [5.74, 6) is 0. The van der Waals surface area contributed by atoms with Gasteiger partial charge in [-0.15, -0.1) is 0 Å². The van der Waals surface area contributed by atoms with Gasteiger partial charge in [0.1, 0.15) is 0 Å². The van der Waals surface area contributed by atoms with Crippen LogP contribution in [-0.2, 0) is 0 Å². The van der Waals surface area contributed by atoms with Crippen molar-refractivity contribution in [3.05, 3.63) is 0 Å². The average Bonchev–Trinajstić information content (AvgIpc) is 2.16. The molecule has 2 nitrogen and oxygen atoms in total. The van der Waals surface area contributed by atoms with Gasteiger partial charge in [0.15, 0.2) is 0 Å². The van der Waals surface area contributed by atoms with E-state index < -0.39 is 12.2 Å². The van der Waals surface area contributed by atoms with Crippen LogP contribution in [0.2, 0.25) is 0 Å². The van der Waals surface area contributed by atoms with Gasteiger partial charge in [0.05, 0.1) is 12.2 Å². The molecule has 0 aliphatic carbocycles. The molecule has 80 valence electrons. The number of aliphatic hydroxyl groups is 2. The maximum Gasteiger partial charge on any atom is 0.0799 e. The summed E-state index contributed by atoms with van der Waals surface area (Å²) in [6, 6.07) is 0. The highest BCUT2D eigenvalue weighted by Crippen LogP contribution is 2.10. The van der Waals surface area contributed by atoms with Crippen LogP contribution in [0.3, 0.4) is 0 Å². The number of hydrogen-bond donors (Lipinski definition) is 2. The minimum absolute atomic E-state index is 0.508. The van der Waals surface area contributed by atoms with Gasteiger partial charge in [-0.25, -0.2) is 0 Å². The van der Waals surface area contributed by atoms with Gasteiger partial charge in [0.2, 0.25) is 0 Å². The molecule has 0 aliphatic heterocycles. The first-order valence-electron chi connectivity index (χ1n) is 5.58. The van der Waals surface area contributed by atoms with Crippen LogP contribution in [0, 0.1) is 0 Å². The first-order valence-corrected chi connectivity index (χ1v) is 5.58. The molecule has 2 heteroatoms. The van der Waals surface area contributed by atoms with Crippen molar-refractivity contribution in [2.75, 3.05) is 0 Å². The Labute approximate surface area is 82.0 Å². The lowest BCUT2D eigenvalue weighted by Crippen LogP contribution is -2.24. The predicted molar refractivity (Wildman–Crippen MR) is 55.7 cm³/mol. The summed E-state index contributed by atoms with van der Waals surface area (Å²) in [5.41, 5.74) is 0. The first-order chi connectivity index (χ1) is 6.22. The molecular weight excluding hydrogens is 164 g/mol. The van der Waals surface area contributed by atoms with Gasteiger partial charge >= 0.3 is 0 Å². The largest absolute Gasteiger partial charge is 0.390 e. The topological polar surface area (TPSA) is 40.5 Å². The van der Waals surface area contributed by atoms with Gasteiger partial charge in [0.25, 0.3) is 0 Å². The molecule has 0 fully saturated rings. The van der Waals surface area contributed by atoms with Crippen LogP contribution >= 0.6 is 0 Å². The number of aliphatic hydroxyl groups excluding tert-OH is 2. The van der Waals surface area contributed by atoms with Gasteiger partial charge < -0.3 is 10.2 Å². The lowest BCUT2D eigenvalue weighted by Gasteiger charge is -2.15. The Morgan fingerprint density at radius 3 is 2.00 bits per heavy atom. The Balaban J connectivity index is 3.21. The van der Waals surface area contributed by atoms with Crippen molar-refractivity contribution in [1.82, 2.24) is 0 Å². The maximum atomic E-state index is 9.42. The second-order valence-electron chi connectivity index (χ2n) is 3.75. The summed E-state index contributed by atoms with van der Waals surface area (Å²) in [4.78, 5) is 0. The monoisotopic (exact) mass is 188 g/mol. The van der Waals surface area contributed by atoms with E-state index in [1.165, 1.54) is 25.7 Å². The average molecular weight is 188 g/mol. The van der Waals surface area contributed by atoms with E-state index in [-0.39, 0.29) is 0 Å². The first kappa shape index (κ1) is 12.9. The lowest BCUT2D eigenvalue weighted by molar-refractivity contribution is 0.0114. The van der Waals surface area contributed by atoms with Crippen molar-refractivity contribution in [2.24, 2.45) is 0 Å². The van der Waals surface area contributed by atoms with Crippen LogP contribution in [0.4, 0.5) is 0 Å².